The van der Waals surface area contributed by atoms with Crippen LogP contribution in [0.1, 0.15) is 32.2 Å². The van der Waals surface area contributed by atoms with Gasteiger partial charge in [0.1, 0.15) is 11.4 Å². The van der Waals surface area contributed by atoms with Gasteiger partial charge >= 0.3 is 5.97 Å². The van der Waals surface area contributed by atoms with Crippen molar-refractivity contribution in [2.24, 2.45) is 0 Å². The van der Waals surface area contributed by atoms with Gasteiger partial charge in [0.05, 0.1) is 0 Å². The fourth-order valence-electron chi connectivity index (χ4n) is 0.989. The normalized spacial score (nSPS) is 11.8. The SMILES string of the molecule is Cc1ncc(/C=C/C(=O)OC(C)(C)C)cn1. The van der Waals surface area contributed by atoms with Gasteiger partial charge < -0.3 is 4.74 Å². The molecule has 0 N–H and O–H groups in total. The van der Waals surface area contributed by atoms with E-state index in [0.29, 0.717) is 5.82 Å². The molecule has 1 aromatic rings. The van der Waals surface area contributed by atoms with Gasteiger partial charge in [-0.05, 0) is 33.8 Å². The minimum Gasteiger partial charge on any atom is -0.457 e. The van der Waals surface area contributed by atoms with Crippen LogP contribution >= 0.6 is 0 Å². The Balaban J connectivity index is 2.60. The average Bonchev–Trinajstić information content (AvgIpc) is 2.14. The van der Waals surface area contributed by atoms with Crippen molar-refractivity contribution in [1.82, 2.24) is 9.97 Å². The van der Waals surface area contributed by atoms with Crippen LogP contribution in [0.15, 0.2) is 18.5 Å². The van der Waals surface area contributed by atoms with E-state index in [2.05, 4.69) is 9.97 Å². The Labute approximate surface area is 95.4 Å². The molecule has 0 fully saturated rings. The number of hydrogen-bond acceptors (Lipinski definition) is 4. The maximum atomic E-state index is 11.3. The third-order valence-electron chi connectivity index (χ3n) is 1.62. The zero-order valence-electron chi connectivity index (χ0n) is 10.0. The molecule has 0 amide bonds. The van der Waals surface area contributed by atoms with Crippen molar-refractivity contribution >= 4 is 12.0 Å². The van der Waals surface area contributed by atoms with Crippen molar-refractivity contribution in [2.45, 2.75) is 33.3 Å². The number of nitrogens with zero attached hydrogens (tertiary/aromatic N) is 2. The van der Waals surface area contributed by atoms with Gasteiger partial charge in [-0.3, -0.25) is 0 Å². The third kappa shape index (κ3) is 4.68. The summed E-state index contributed by atoms with van der Waals surface area (Å²) < 4.78 is 5.12. The van der Waals surface area contributed by atoms with Crippen LogP contribution in [0.3, 0.4) is 0 Å². The molecule has 4 nitrogen and oxygen atoms in total. The maximum Gasteiger partial charge on any atom is 0.331 e. The number of esters is 1. The molecule has 0 saturated heterocycles. The summed E-state index contributed by atoms with van der Waals surface area (Å²) in [5.41, 5.74) is 0.307. The summed E-state index contributed by atoms with van der Waals surface area (Å²) in [6.07, 6.45) is 6.32. The second kappa shape index (κ2) is 4.88. The average molecular weight is 220 g/mol. The highest BCUT2D eigenvalue weighted by atomic mass is 16.6. The topological polar surface area (TPSA) is 52.1 Å². The van der Waals surface area contributed by atoms with Crippen molar-refractivity contribution < 1.29 is 9.53 Å². The Kier molecular flexibility index (Phi) is 3.77. The summed E-state index contributed by atoms with van der Waals surface area (Å²) in [5, 5.41) is 0. The smallest absolute Gasteiger partial charge is 0.331 e. The largest absolute Gasteiger partial charge is 0.457 e. The summed E-state index contributed by atoms with van der Waals surface area (Å²) in [5.74, 6) is 0.336. The van der Waals surface area contributed by atoms with Gasteiger partial charge in [-0.15, -0.1) is 0 Å². The van der Waals surface area contributed by atoms with Crippen LogP contribution in [0.2, 0.25) is 0 Å². The van der Waals surface area contributed by atoms with Crippen LogP contribution in [-0.2, 0) is 9.53 Å². The van der Waals surface area contributed by atoms with E-state index in [1.165, 1.54) is 6.08 Å². The van der Waals surface area contributed by atoms with Gasteiger partial charge in [-0.2, -0.15) is 0 Å². The van der Waals surface area contributed by atoms with E-state index in [1.54, 1.807) is 25.4 Å². The number of rotatable bonds is 2. The Morgan fingerprint density at radius 1 is 1.31 bits per heavy atom. The van der Waals surface area contributed by atoms with Gasteiger partial charge in [0.25, 0.3) is 0 Å². The number of aromatic nitrogens is 2. The molecule has 0 saturated carbocycles. The predicted octanol–water partition coefficient (Wildman–Crippen LogP) is 2.14. The summed E-state index contributed by atoms with van der Waals surface area (Å²) in [4.78, 5) is 19.4. The van der Waals surface area contributed by atoms with Gasteiger partial charge in [0.2, 0.25) is 0 Å². The van der Waals surface area contributed by atoms with Crippen LogP contribution in [0, 0.1) is 6.92 Å². The Morgan fingerprint density at radius 2 is 1.88 bits per heavy atom. The molecule has 0 aromatic carbocycles. The lowest BCUT2D eigenvalue weighted by Gasteiger charge is -2.17. The quantitative estimate of drug-likeness (QED) is 0.566. The summed E-state index contributed by atoms with van der Waals surface area (Å²) >= 11 is 0. The number of carbonyl (C=O) groups excluding carboxylic acids is 1. The molecule has 1 heterocycles. The minimum atomic E-state index is -0.467. The van der Waals surface area contributed by atoms with E-state index in [9.17, 15) is 4.79 Å². The lowest BCUT2D eigenvalue weighted by atomic mass is 10.2. The Hall–Kier alpha value is -1.71. The highest BCUT2D eigenvalue weighted by molar-refractivity contribution is 5.87. The highest BCUT2D eigenvalue weighted by Crippen LogP contribution is 2.08. The third-order valence-corrected chi connectivity index (χ3v) is 1.62. The van der Waals surface area contributed by atoms with Crippen LogP contribution < -0.4 is 0 Å². The lowest BCUT2D eigenvalue weighted by Crippen LogP contribution is -2.22. The molecule has 0 atom stereocenters. The van der Waals surface area contributed by atoms with Crippen LogP contribution in [-0.4, -0.2) is 21.5 Å². The molecule has 0 aliphatic heterocycles. The van der Waals surface area contributed by atoms with E-state index >= 15 is 0 Å². The molecular weight excluding hydrogens is 204 g/mol. The highest BCUT2D eigenvalue weighted by Gasteiger charge is 2.13. The van der Waals surface area contributed by atoms with Gasteiger partial charge in [0, 0.05) is 24.0 Å². The molecule has 0 aliphatic rings. The molecule has 0 spiro atoms. The fourth-order valence-corrected chi connectivity index (χ4v) is 0.989. The van der Waals surface area contributed by atoms with Crippen molar-refractivity contribution in [3.05, 3.63) is 29.9 Å². The molecule has 0 radical (unpaired) electrons. The predicted molar refractivity (Wildman–Crippen MR) is 61.6 cm³/mol. The summed E-state index contributed by atoms with van der Waals surface area (Å²) in [7, 11) is 0. The van der Waals surface area contributed by atoms with E-state index in [0.717, 1.165) is 5.56 Å². The van der Waals surface area contributed by atoms with E-state index < -0.39 is 5.60 Å². The molecular formula is C12H16N2O2. The number of ether oxygens (including phenoxy) is 1. The van der Waals surface area contributed by atoms with Crippen molar-refractivity contribution in [2.75, 3.05) is 0 Å². The molecule has 4 heteroatoms. The molecule has 0 bridgehead atoms. The van der Waals surface area contributed by atoms with E-state index in [4.69, 9.17) is 4.74 Å². The number of carbonyl (C=O) groups is 1. The van der Waals surface area contributed by atoms with Crippen LogP contribution in [0.4, 0.5) is 0 Å². The van der Waals surface area contributed by atoms with Gasteiger partial charge in [0.15, 0.2) is 0 Å². The minimum absolute atomic E-state index is 0.368. The van der Waals surface area contributed by atoms with Gasteiger partial charge in [-0.1, -0.05) is 0 Å². The number of hydrogen-bond donors (Lipinski definition) is 0. The lowest BCUT2D eigenvalue weighted by molar-refractivity contribution is -0.148. The molecule has 0 unspecified atom stereocenters. The van der Waals surface area contributed by atoms with Gasteiger partial charge in [-0.25, -0.2) is 14.8 Å². The maximum absolute atomic E-state index is 11.3. The fraction of sp³-hybridized carbons (Fsp3) is 0.417. The first-order valence-electron chi connectivity index (χ1n) is 5.06. The Bertz CT molecular complexity index is 388. The Morgan fingerprint density at radius 3 is 2.38 bits per heavy atom. The second-order valence-corrected chi connectivity index (χ2v) is 4.43. The zero-order valence-corrected chi connectivity index (χ0v) is 10.0. The zero-order chi connectivity index (χ0) is 12.2. The van der Waals surface area contributed by atoms with E-state index in [-0.39, 0.29) is 5.97 Å². The molecule has 86 valence electrons. The number of aryl methyl sites for hydroxylation is 1. The van der Waals surface area contributed by atoms with E-state index in [1.807, 2.05) is 20.8 Å². The van der Waals surface area contributed by atoms with Crippen molar-refractivity contribution in [1.29, 1.82) is 0 Å². The van der Waals surface area contributed by atoms with Crippen LogP contribution in [0.25, 0.3) is 6.08 Å². The molecule has 1 aromatic heterocycles. The first kappa shape index (κ1) is 12.4. The monoisotopic (exact) mass is 220 g/mol. The summed E-state index contributed by atoms with van der Waals surface area (Å²) in [6, 6.07) is 0. The molecule has 16 heavy (non-hydrogen) atoms. The second-order valence-electron chi connectivity index (χ2n) is 4.43. The van der Waals surface area contributed by atoms with Crippen molar-refractivity contribution in [3.8, 4) is 0 Å². The molecule has 0 aliphatic carbocycles. The van der Waals surface area contributed by atoms with Crippen molar-refractivity contribution in [3.63, 3.8) is 0 Å². The first-order chi connectivity index (χ1) is 7.37. The summed E-state index contributed by atoms with van der Waals surface area (Å²) in [6.45, 7) is 7.29. The first-order valence-corrected chi connectivity index (χ1v) is 5.06. The standard InChI is InChI=1S/C12H16N2O2/c1-9-13-7-10(8-14-9)5-6-11(15)16-12(2,3)4/h5-8H,1-4H3/b6-5+. The van der Waals surface area contributed by atoms with Crippen LogP contribution in [0.5, 0.6) is 0 Å². The molecule has 1 rings (SSSR count).